The maximum atomic E-state index is 12.0. The molecule has 0 unspecified atom stereocenters. The van der Waals surface area contributed by atoms with Crippen LogP contribution in [0.5, 0.6) is 0 Å². The Morgan fingerprint density at radius 2 is 2.09 bits per heavy atom. The van der Waals surface area contributed by atoms with Gasteiger partial charge in [0.1, 0.15) is 6.54 Å². The molecule has 22 heavy (non-hydrogen) atoms. The molecule has 0 spiro atoms. The van der Waals surface area contributed by atoms with E-state index >= 15 is 0 Å². The monoisotopic (exact) mass is 295 g/mol. The van der Waals surface area contributed by atoms with Crippen molar-refractivity contribution in [3.8, 4) is 0 Å². The summed E-state index contributed by atoms with van der Waals surface area (Å²) in [5.74, 6) is -0.0978. The molecule has 3 rings (SSSR count). The van der Waals surface area contributed by atoms with Gasteiger partial charge in [-0.3, -0.25) is 14.2 Å². The fraction of sp³-hybridized carbons (Fsp3) is 0.188. The van der Waals surface area contributed by atoms with Gasteiger partial charge in [-0.1, -0.05) is 12.1 Å². The second kappa shape index (κ2) is 6.26. The molecule has 1 aromatic carbocycles. The van der Waals surface area contributed by atoms with Crippen molar-refractivity contribution in [3.63, 3.8) is 0 Å². The van der Waals surface area contributed by atoms with Crippen LogP contribution in [0.4, 0.5) is 5.69 Å². The lowest BCUT2D eigenvalue weighted by molar-refractivity contribution is -0.116. The van der Waals surface area contributed by atoms with Gasteiger partial charge >= 0.3 is 0 Å². The third kappa shape index (κ3) is 3.60. The van der Waals surface area contributed by atoms with E-state index in [9.17, 15) is 4.79 Å². The lowest BCUT2D eigenvalue weighted by Gasteiger charge is -2.08. The molecule has 2 aromatic heterocycles. The molecule has 6 nitrogen and oxygen atoms in total. The summed E-state index contributed by atoms with van der Waals surface area (Å²) in [5, 5.41) is 11.3. The molecule has 0 fully saturated rings. The maximum Gasteiger partial charge on any atom is 0.246 e. The summed E-state index contributed by atoms with van der Waals surface area (Å²) in [7, 11) is 0. The molecular weight excluding hydrogens is 278 g/mol. The number of carbonyl (C=O) groups is 1. The molecule has 0 saturated carbocycles. The van der Waals surface area contributed by atoms with Crippen molar-refractivity contribution in [2.45, 2.75) is 20.0 Å². The summed E-state index contributed by atoms with van der Waals surface area (Å²) in [6, 6.07) is 11.5. The molecule has 0 radical (unpaired) electrons. The second-order valence-electron chi connectivity index (χ2n) is 5.11. The van der Waals surface area contributed by atoms with Gasteiger partial charge in [0.15, 0.2) is 0 Å². The topological polar surface area (TPSA) is 64.7 Å². The van der Waals surface area contributed by atoms with Crippen molar-refractivity contribution < 1.29 is 4.79 Å². The Balaban J connectivity index is 1.63. The standard InChI is InChI=1S/C16H17N5O/c1-13-6-9-21(19-13)12-16(22)18-15-5-2-4-14(10-15)11-20-8-3-7-17-20/h2-10H,11-12H2,1H3,(H,18,22). The van der Waals surface area contributed by atoms with Gasteiger partial charge in [0, 0.05) is 24.3 Å². The Bertz CT molecular complexity index is 760. The summed E-state index contributed by atoms with van der Waals surface area (Å²) in [6.45, 7) is 2.78. The van der Waals surface area contributed by atoms with Crippen LogP contribution in [0.3, 0.4) is 0 Å². The van der Waals surface area contributed by atoms with Crippen LogP contribution in [0.2, 0.25) is 0 Å². The van der Waals surface area contributed by atoms with Gasteiger partial charge in [0.2, 0.25) is 5.91 Å². The van der Waals surface area contributed by atoms with Crippen LogP contribution >= 0.6 is 0 Å². The Labute approximate surface area is 128 Å². The van der Waals surface area contributed by atoms with Gasteiger partial charge in [-0.25, -0.2) is 0 Å². The summed E-state index contributed by atoms with van der Waals surface area (Å²) >= 11 is 0. The number of nitrogens with zero attached hydrogens (tertiary/aromatic N) is 4. The molecule has 6 heteroatoms. The van der Waals surface area contributed by atoms with Crippen LogP contribution in [0.15, 0.2) is 55.0 Å². The van der Waals surface area contributed by atoms with Gasteiger partial charge < -0.3 is 5.32 Å². The first-order chi connectivity index (χ1) is 10.7. The summed E-state index contributed by atoms with van der Waals surface area (Å²) in [4.78, 5) is 12.0. The number of nitrogens with one attached hydrogen (secondary N) is 1. The van der Waals surface area contributed by atoms with Crippen LogP contribution in [0, 0.1) is 6.92 Å². The van der Waals surface area contributed by atoms with Crippen molar-refractivity contribution in [3.05, 3.63) is 66.2 Å². The van der Waals surface area contributed by atoms with Gasteiger partial charge in [-0.05, 0) is 36.8 Å². The van der Waals surface area contributed by atoms with Gasteiger partial charge in [0.05, 0.1) is 12.2 Å². The van der Waals surface area contributed by atoms with E-state index in [-0.39, 0.29) is 12.5 Å². The number of anilines is 1. The first-order valence-corrected chi connectivity index (χ1v) is 7.05. The number of aromatic nitrogens is 4. The van der Waals surface area contributed by atoms with Crippen molar-refractivity contribution in [2.75, 3.05) is 5.32 Å². The van der Waals surface area contributed by atoms with Crippen LogP contribution in [0.1, 0.15) is 11.3 Å². The minimum Gasteiger partial charge on any atom is -0.324 e. The molecule has 1 amide bonds. The third-order valence-corrected chi connectivity index (χ3v) is 3.19. The zero-order chi connectivity index (χ0) is 15.4. The predicted molar refractivity (Wildman–Crippen MR) is 83.4 cm³/mol. The quantitative estimate of drug-likeness (QED) is 0.783. The van der Waals surface area contributed by atoms with Crippen molar-refractivity contribution >= 4 is 11.6 Å². The van der Waals surface area contributed by atoms with E-state index in [0.29, 0.717) is 6.54 Å². The third-order valence-electron chi connectivity index (χ3n) is 3.19. The summed E-state index contributed by atoms with van der Waals surface area (Å²) < 4.78 is 3.46. The molecule has 0 aliphatic carbocycles. The normalized spacial score (nSPS) is 10.6. The Morgan fingerprint density at radius 3 is 2.82 bits per heavy atom. The molecule has 0 bridgehead atoms. The van der Waals surface area contributed by atoms with Gasteiger partial charge in [-0.2, -0.15) is 10.2 Å². The van der Waals surface area contributed by atoms with Crippen LogP contribution in [-0.2, 0) is 17.9 Å². The lowest BCUT2D eigenvalue weighted by atomic mass is 10.2. The molecule has 2 heterocycles. The number of benzene rings is 1. The number of hydrogen-bond donors (Lipinski definition) is 1. The van der Waals surface area contributed by atoms with E-state index < -0.39 is 0 Å². The van der Waals surface area contributed by atoms with E-state index in [0.717, 1.165) is 16.9 Å². The first kappa shape index (κ1) is 14.1. The van der Waals surface area contributed by atoms with Crippen molar-refractivity contribution in [1.82, 2.24) is 19.6 Å². The largest absolute Gasteiger partial charge is 0.324 e. The van der Waals surface area contributed by atoms with E-state index in [1.54, 1.807) is 17.1 Å². The zero-order valence-corrected chi connectivity index (χ0v) is 12.3. The molecule has 0 aliphatic rings. The number of amides is 1. The highest BCUT2D eigenvalue weighted by Gasteiger charge is 2.05. The van der Waals surface area contributed by atoms with Crippen LogP contribution in [-0.4, -0.2) is 25.5 Å². The summed E-state index contributed by atoms with van der Waals surface area (Å²) in [5.41, 5.74) is 2.75. The zero-order valence-electron chi connectivity index (χ0n) is 12.3. The SMILES string of the molecule is Cc1ccn(CC(=O)Nc2cccc(Cn3cccn3)c2)n1. The van der Waals surface area contributed by atoms with Gasteiger partial charge in [0.25, 0.3) is 0 Å². The minimum absolute atomic E-state index is 0.0978. The molecular formula is C16H17N5O. The Morgan fingerprint density at radius 1 is 1.18 bits per heavy atom. The van der Waals surface area contributed by atoms with E-state index in [2.05, 4.69) is 15.5 Å². The number of aryl methyl sites for hydroxylation is 1. The van der Waals surface area contributed by atoms with Crippen molar-refractivity contribution in [1.29, 1.82) is 0 Å². The number of rotatable bonds is 5. The fourth-order valence-electron chi connectivity index (χ4n) is 2.23. The van der Waals surface area contributed by atoms with Crippen LogP contribution < -0.4 is 5.32 Å². The van der Waals surface area contributed by atoms with E-state index in [4.69, 9.17) is 0 Å². The van der Waals surface area contributed by atoms with Gasteiger partial charge in [-0.15, -0.1) is 0 Å². The molecule has 1 N–H and O–H groups in total. The molecule has 0 saturated heterocycles. The minimum atomic E-state index is -0.0978. The highest BCUT2D eigenvalue weighted by atomic mass is 16.2. The summed E-state index contributed by atoms with van der Waals surface area (Å²) in [6.07, 6.45) is 5.45. The van der Waals surface area contributed by atoms with E-state index in [1.807, 2.05) is 54.2 Å². The Kier molecular flexibility index (Phi) is 4.00. The smallest absolute Gasteiger partial charge is 0.246 e. The maximum absolute atomic E-state index is 12.0. The predicted octanol–water partition coefficient (Wildman–Crippen LogP) is 2.08. The molecule has 0 aliphatic heterocycles. The molecule has 3 aromatic rings. The van der Waals surface area contributed by atoms with E-state index in [1.165, 1.54) is 0 Å². The number of carbonyl (C=O) groups excluding carboxylic acids is 1. The van der Waals surface area contributed by atoms with Crippen molar-refractivity contribution in [2.24, 2.45) is 0 Å². The lowest BCUT2D eigenvalue weighted by Crippen LogP contribution is -2.19. The highest BCUT2D eigenvalue weighted by molar-refractivity contribution is 5.90. The average Bonchev–Trinajstić information content (AvgIpc) is 3.11. The Hall–Kier alpha value is -2.89. The average molecular weight is 295 g/mol. The van der Waals surface area contributed by atoms with Crippen LogP contribution in [0.25, 0.3) is 0 Å². The highest BCUT2D eigenvalue weighted by Crippen LogP contribution is 2.12. The molecule has 112 valence electrons. The number of hydrogen-bond acceptors (Lipinski definition) is 3. The second-order valence-corrected chi connectivity index (χ2v) is 5.11. The first-order valence-electron chi connectivity index (χ1n) is 7.05. The fourth-order valence-corrected chi connectivity index (χ4v) is 2.23. The molecule has 0 atom stereocenters.